The molecule has 22 heavy (non-hydrogen) atoms. The van der Waals surface area contributed by atoms with Gasteiger partial charge in [-0.15, -0.1) is 0 Å². The molecule has 2 fully saturated rings. The molecule has 0 radical (unpaired) electrons. The normalized spacial score (nSPS) is 26.9. The van der Waals surface area contributed by atoms with E-state index in [0.29, 0.717) is 18.0 Å². The largest absolute Gasteiger partial charge is 0.316 e. The summed E-state index contributed by atoms with van der Waals surface area (Å²) in [7, 11) is -3.36. The van der Waals surface area contributed by atoms with Crippen LogP contribution < -0.4 is 5.32 Å². The average Bonchev–Trinajstić information content (AvgIpc) is 3.09. The molecule has 1 unspecified atom stereocenters. The zero-order valence-corrected chi connectivity index (χ0v) is 14.5. The number of sulfonamides is 1. The molecule has 3 rings (SSSR count). The Bertz CT molecular complexity index is 638. The molecule has 5 heteroatoms. The van der Waals surface area contributed by atoms with E-state index in [2.05, 4.69) is 26.1 Å². The number of nitrogens with one attached hydrogen (secondary N) is 1. The Balaban J connectivity index is 1.81. The van der Waals surface area contributed by atoms with Gasteiger partial charge in [0.15, 0.2) is 0 Å². The monoisotopic (exact) mass is 322 g/mol. The van der Waals surface area contributed by atoms with E-state index in [1.165, 1.54) is 0 Å². The van der Waals surface area contributed by atoms with Gasteiger partial charge in [-0.05, 0) is 47.9 Å². The van der Waals surface area contributed by atoms with E-state index in [1.54, 1.807) is 16.4 Å². The number of benzene rings is 1. The quantitative estimate of drug-likeness (QED) is 0.909. The highest BCUT2D eigenvalue weighted by Crippen LogP contribution is 2.38. The van der Waals surface area contributed by atoms with Crippen LogP contribution in [-0.4, -0.2) is 38.9 Å². The molecule has 1 aromatic carbocycles. The number of hydrogen-bond acceptors (Lipinski definition) is 3. The van der Waals surface area contributed by atoms with Crippen molar-refractivity contribution in [1.29, 1.82) is 0 Å². The molecule has 1 N–H and O–H groups in total. The summed E-state index contributed by atoms with van der Waals surface area (Å²) >= 11 is 0. The molecule has 0 aromatic heterocycles. The molecule has 2 aliphatic rings. The molecular formula is C17H26N2O2S. The van der Waals surface area contributed by atoms with Crippen LogP contribution in [0.5, 0.6) is 0 Å². The van der Waals surface area contributed by atoms with E-state index < -0.39 is 10.0 Å². The zero-order chi connectivity index (χ0) is 16.0. The lowest BCUT2D eigenvalue weighted by atomic mass is 9.87. The zero-order valence-electron chi connectivity index (χ0n) is 13.7. The maximum Gasteiger partial charge on any atom is 0.243 e. The molecule has 2 aliphatic heterocycles. The molecule has 1 spiro atoms. The second-order valence-electron chi connectivity index (χ2n) is 7.79. The molecule has 1 aromatic rings. The molecule has 122 valence electrons. The third-order valence-electron chi connectivity index (χ3n) is 5.09. The van der Waals surface area contributed by atoms with E-state index in [9.17, 15) is 8.42 Å². The highest BCUT2D eigenvalue weighted by atomic mass is 32.2. The second kappa shape index (κ2) is 5.32. The summed E-state index contributed by atoms with van der Waals surface area (Å²) in [6.07, 6.45) is 2.06. The predicted molar refractivity (Wildman–Crippen MR) is 88.4 cm³/mol. The molecule has 0 bridgehead atoms. The summed E-state index contributed by atoms with van der Waals surface area (Å²) in [6.45, 7) is 9.65. The predicted octanol–water partition coefficient (Wildman–Crippen LogP) is 2.36. The van der Waals surface area contributed by atoms with Gasteiger partial charge >= 0.3 is 0 Å². The van der Waals surface area contributed by atoms with Crippen molar-refractivity contribution < 1.29 is 8.42 Å². The first-order valence-corrected chi connectivity index (χ1v) is 9.49. The van der Waals surface area contributed by atoms with Crippen LogP contribution in [-0.2, 0) is 15.4 Å². The summed E-state index contributed by atoms with van der Waals surface area (Å²) in [6, 6.07) is 7.40. The van der Waals surface area contributed by atoms with Gasteiger partial charge in [-0.25, -0.2) is 8.42 Å². The fourth-order valence-electron chi connectivity index (χ4n) is 3.52. The van der Waals surface area contributed by atoms with Crippen molar-refractivity contribution >= 4 is 10.0 Å². The van der Waals surface area contributed by atoms with E-state index in [-0.39, 0.29) is 10.8 Å². The second-order valence-corrected chi connectivity index (χ2v) is 9.73. The highest BCUT2D eigenvalue weighted by Gasteiger charge is 2.44. The molecule has 4 nitrogen and oxygen atoms in total. The van der Waals surface area contributed by atoms with E-state index >= 15 is 0 Å². The van der Waals surface area contributed by atoms with Crippen LogP contribution in [0.1, 0.15) is 39.2 Å². The summed E-state index contributed by atoms with van der Waals surface area (Å²) in [5.74, 6) is 0. The Morgan fingerprint density at radius 2 is 1.82 bits per heavy atom. The smallest absolute Gasteiger partial charge is 0.243 e. The number of nitrogens with zero attached hydrogens (tertiary/aromatic N) is 1. The van der Waals surface area contributed by atoms with Gasteiger partial charge in [0.2, 0.25) is 10.0 Å². The Kier molecular flexibility index (Phi) is 3.86. The number of hydrogen-bond donors (Lipinski definition) is 1. The van der Waals surface area contributed by atoms with Crippen molar-refractivity contribution in [3.63, 3.8) is 0 Å². The van der Waals surface area contributed by atoms with Gasteiger partial charge in [0, 0.05) is 19.6 Å². The average molecular weight is 322 g/mol. The van der Waals surface area contributed by atoms with Gasteiger partial charge in [0.1, 0.15) is 0 Å². The minimum absolute atomic E-state index is 0.0372. The lowest BCUT2D eigenvalue weighted by molar-refractivity contribution is 0.338. The first-order valence-electron chi connectivity index (χ1n) is 8.05. The van der Waals surface area contributed by atoms with E-state index in [0.717, 1.165) is 31.5 Å². The van der Waals surface area contributed by atoms with Gasteiger partial charge in [0.25, 0.3) is 0 Å². The van der Waals surface area contributed by atoms with Crippen LogP contribution in [0.2, 0.25) is 0 Å². The van der Waals surface area contributed by atoms with Crippen LogP contribution in [0.25, 0.3) is 0 Å². The van der Waals surface area contributed by atoms with Crippen LogP contribution in [0.4, 0.5) is 0 Å². The van der Waals surface area contributed by atoms with E-state index in [4.69, 9.17) is 0 Å². The number of rotatable bonds is 2. The van der Waals surface area contributed by atoms with Crippen LogP contribution in [0.3, 0.4) is 0 Å². The van der Waals surface area contributed by atoms with Crippen LogP contribution in [0.15, 0.2) is 29.2 Å². The van der Waals surface area contributed by atoms with Crippen molar-refractivity contribution in [1.82, 2.24) is 9.62 Å². The minimum atomic E-state index is -3.36. The molecule has 0 saturated carbocycles. The van der Waals surface area contributed by atoms with Gasteiger partial charge in [-0.1, -0.05) is 32.9 Å². The maximum atomic E-state index is 12.8. The third-order valence-corrected chi connectivity index (χ3v) is 6.95. The van der Waals surface area contributed by atoms with Gasteiger partial charge in [0.05, 0.1) is 4.90 Å². The first kappa shape index (κ1) is 16.0. The maximum absolute atomic E-state index is 12.8. The Morgan fingerprint density at radius 3 is 2.36 bits per heavy atom. The summed E-state index contributed by atoms with van der Waals surface area (Å²) in [5, 5.41) is 3.37. The molecule has 2 heterocycles. The Hall–Kier alpha value is -0.910. The van der Waals surface area contributed by atoms with Crippen LogP contribution >= 0.6 is 0 Å². The molecule has 0 aliphatic carbocycles. The molecular weight excluding hydrogens is 296 g/mol. The Morgan fingerprint density at radius 1 is 1.14 bits per heavy atom. The van der Waals surface area contributed by atoms with Crippen molar-refractivity contribution in [3.8, 4) is 0 Å². The van der Waals surface area contributed by atoms with Crippen molar-refractivity contribution in [2.75, 3.05) is 26.2 Å². The topological polar surface area (TPSA) is 49.4 Å². The van der Waals surface area contributed by atoms with Crippen molar-refractivity contribution in [3.05, 3.63) is 29.8 Å². The lowest BCUT2D eigenvalue weighted by Gasteiger charge is -2.23. The SMILES string of the molecule is CC(C)(C)c1ccc(S(=O)(=O)N2CCC3(CCNC3)C2)cc1. The van der Waals surface area contributed by atoms with Crippen LogP contribution in [0, 0.1) is 5.41 Å². The fraction of sp³-hybridized carbons (Fsp3) is 0.647. The highest BCUT2D eigenvalue weighted by molar-refractivity contribution is 7.89. The van der Waals surface area contributed by atoms with Crippen molar-refractivity contribution in [2.24, 2.45) is 5.41 Å². The summed E-state index contributed by atoms with van der Waals surface area (Å²) in [5.41, 5.74) is 1.36. The van der Waals surface area contributed by atoms with Crippen molar-refractivity contribution in [2.45, 2.75) is 43.9 Å². The van der Waals surface area contributed by atoms with Gasteiger partial charge in [-0.2, -0.15) is 4.31 Å². The third kappa shape index (κ3) is 2.82. The lowest BCUT2D eigenvalue weighted by Crippen LogP contribution is -2.33. The first-order chi connectivity index (χ1) is 10.2. The molecule has 2 saturated heterocycles. The standard InChI is InChI=1S/C17H26N2O2S/c1-16(2,3)14-4-6-15(7-5-14)22(20,21)19-11-9-17(13-19)8-10-18-12-17/h4-7,18H,8-13H2,1-3H3. The minimum Gasteiger partial charge on any atom is -0.316 e. The summed E-state index contributed by atoms with van der Waals surface area (Å²) in [4.78, 5) is 0.420. The van der Waals surface area contributed by atoms with Gasteiger partial charge in [-0.3, -0.25) is 0 Å². The van der Waals surface area contributed by atoms with E-state index in [1.807, 2.05) is 12.1 Å². The Labute approximate surface area is 134 Å². The summed E-state index contributed by atoms with van der Waals surface area (Å²) < 4.78 is 27.4. The molecule has 0 amide bonds. The van der Waals surface area contributed by atoms with Gasteiger partial charge < -0.3 is 5.32 Å². The molecule has 1 atom stereocenters. The fourth-order valence-corrected chi connectivity index (χ4v) is 5.07.